The first kappa shape index (κ1) is 33.8. The first-order valence-corrected chi connectivity index (χ1v) is 15.9. The normalized spacial score (nSPS) is 21.7. The highest BCUT2D eigenvalue weighted by Crippen LogP contribution is 2.41. The number of carboxylic acids is 1. The fraction of sp³-hybridized carbons (Fsp3) is 0.844. The smallest absolute Gasteiger partial charge is 0.309 e. The van der Waals surface area contributed by atoms with Crippen molar-refractivity contribution >= 4 is 5.97 Å². The number of carbonyl (C=O) groups is 1. The van der Waals surface area contributed by atoms with Crippen molar-refractivity contribution in [3.05, 3.63) is 23.5 Å². The van der Waals surface area contributed by atoms with Gasteiger partial charge in [-0.3, -0.25) is 4.79 Å². The van der Waals surface area contributed by atoms with Crippen LogP contribution in [0.5, 0.6) is 0 Å². The van der Waals surface area contributed by atoms with Gasteiger partial charge in [-0.1, -0.05) is 71.1 Å². The Bertz CT molecular complexity index is 782. The van der Waals surface area contributed by atoms with Crippen molar-refractivity contribution in [2.45, 2.75) is 153 Å². The van der Waals surface area contributed by atoms with Gasteiger partial charge in [-0.05, 0) is 82.3 Å². The molecule has 0 bridgehead atoms. The van der Waals surface area contributed by atoms with E-state index in [1.807, 2.05) is 6.07 Å². The number of rotatable bonds is 23. The lowest BCUT2D eigenvalue weighted by Gasteiger charge is -2.32. The molecule has 0 aliphatic heterocycles. The Morgan fingerprint density at radius 3 is 2.23 bits per heavy atom. The highest BCUT2D eigenvalue weighted by Gasteiger charge is 2.41. The summed E-state index contributed by atoms with van der Waals surface area (Å²) in [6, 6.07) is 4.09. The number of aliphatic hydroxyl groups excluding tert-OH is 3. The van der Waals surface area contributed by atoms with Crippen LogP contribution in [0.3, 0.4) is 0 Å². The van der Waals surface area contributed by atoms with E-state index in [1.54, 1.807) is 0 Å². The number of nitrogens with one attached hydrogen (secondary N) is 1. The predicted octanol–water partition coefficient (Wildman–Crippen LogP) is 5.92. The van der Waals surface area contributed by atoms with Gasteiger partial charge < -0.3 is 30.5 Å². The van der Waals surface area contributed by atoms with Gasteiger partial charge in [-0.15, -0.1) is 0 Å². The van der Waals surface area contributed by atoms with Crippen LogP contribution in [0.1, 0.15) is 134 Å². The van der Waals surface area contributed by atoms with Crippen molar-refractivity contribution in [3.8, 4) is 0 Å². The van der Waals surface area contributed by atoms with Crippen molar-refractivity contribution in [1.82, 2.24) is 4.98 Å². The van der Waals surface area contributed by atoms with Gasteiger partial charge in [-0.2, -0.15) is 0 Å². The molecule has 1 heterocycles. The number of unbranched alkanes of at least 4 members (excludes halogenated alkanes) is 7. The van der Waals surface area contributed by atoms with Crippen LogP contribution in [0, 0.1) is 11.8 Å². The molecule has 1 fully saturated rings. The molecule has 1 aromatic rings. The van der Waals surface area contributed by atoms with Crippen LogP contribution in [0.2, 0.25) is 0 Å². The first-order valence-electron chi connectivity index (χ1n) is 15.9. The van der Waals surface area contributed by atoms with Gasteiger partial charge in [0.2, 0.25) is 0 Å². The summed E-state index contributed by atoms with van der Waals surface area (Å²) in [6.45, 7) is 2.37. The van der Waals surface area contributed by atoms with Gasteiger partial charge in [0.1, 0.15) is 0 Å². The minimum absolute atomic E-state index is 0.0870. The number of aromatic nitrogens is 1. The summed E-state index contributed by atoms with van der Waals surface area (Å²) in [5.41, 5.74) is 1.29. The van der Waals surface area contributed by atoms with E-state index in [1.165, 1.54) is 25.7 Å². The summed E-state index contributed by atoms with van der Waals surface area (Å²) in [6.07, 6.45) is 16.1. The molecule has 0 saturated heterocycles. The first-order chi connectivity index (χ1) is 18.8. The van der Waals surface area contributed by atoms with E-state index in [2.05, 4.69) is 18.0 Å². The molecular weight excluding hydrogens is 494 g/mol. The average Bonchev–Trinajstić information content (AvgIpc) is 3.51. The van der Waals surface area contributed by atoms with E-state index in [9.17, 15) is 25.2 Å². The monoisotopic (exact) mass is 551 g/mol. The van der Waals surface area contributed by atoms with Crippen LogP contribution >= 0.6 is 0 Å². The van der Waals surface area contributed by atoms with Crippen LogP contribution in [0.4, 0.5) is 0 Å². The topological polar surface area (TPSA) is 134 Å². The third kappa shape index (κ3) is 12.8. The number of aliphatic carboxylic acids is 1. The zero-order valence-corrected chi connectivity index (χ0v) is 24.5. The van der Waals surface area contributed by atoms with Crippen molar-refractivity contribution < 1.29 is 30.3 Å². The third-order valence-electron chi connectivity index (χ3n) is 8.90. The molecule has 7 nitrogen and oxygen atoms in total. The van der Waals surface area contributed by atoms with Crippen molar-refractivity contribution in [2.24, 2.45) is 11.8 Å². The van der Waals surface area contributed by atoms with Crippen LogP contribution in [-0.4, -0.2) is 60.9 Å². The molecule has 6 N–H and O–H groups in total. The lowest BCUT2D eigenvalue weighted by Crippen LogP contribution is -2.37. The maximum atomic E-state index is 11.9. The summed E-state index contributed by atoms with van der Waals surface area (Å²) >= 11 is 0. The second kappa shape index (κ2) is 18.8. The van der Waals surface area contributed by atoms with E-state index < -0.39 is 23.6 Å². The van der Waals surface area contributed by atoms with Crippen LogP contribution < -0.4 is 0 Å². The number of aryl methyl sites for hydroxylation is 1. The lowest BCUT2D eigenvalue weighted by atomic mass is 9.81. The van der Waals surface area contributed by atoms with Crippen LogP contribution in [-0.2, 0) is 17.6 Å². The molecule has 5 unspecified atom stereocenters. The van der Waals surface area contributed by atoms with E-state index >= 15 is 0 Å². The van der Waals surface area contributed by atoms with Gasteiger partial charge >= 0.3 is 5.97 Å². The van der Waals surface area contributed by atoms with Crippen LogP contribution in [0.25, 0.3) is 0 Å². The average molecular weight is 552 g/mol. The van der Waals surface area contributed by atoms with Crippen LogP contribution in [0.15, 0.2) is 12.1 Å². The number of aliphatic hydroxyl groups is 4. The molecule has 1 aliphatic carbocycles. The molecule has 1 saturated carbocycles. The Morgan fingerprint density at radius 2 is 1.59 bits per heavy atom. The van der Waals surface area contributed by atoms with Crippen molar-refractivity contribution in [2.75, 3.05) is 6.61 Å². The maximum Gasteiger partial charge on any atom is 0.309 e. The van der Waals surface area contributed by atoms with Gasteiger partial charge in [-0.25, -0.2) is 0 Å². The molecule has 0 spiro atoms. The summed E-state index contributed by atoms with van der Waals surface area (Å²) in [5.74, 6) is -1.68. The largest absolute Gasteiger partial charge is 0.481 e. The van der Waals surface area contributed by atoms with Gasteiger partial charge in [0, 0.05) is 18.0 Å². The SMILES string of the molecule is CCCCCCCC(O)CCCCCCC(C(=O)O)C(O)CCC1(O)CCCC1Cc1ccc(CCCO)[nH]1. The number of hydrogen-bond donors (Lipinski definition) is 6. The molecule has 0 amide bonds. The molecular formula is C32H57NO6. The summed E-state index contributed by atoms with van der Waals surface area (Å²) in [4.78, 5) is 15.3. The molecule has 39 heavy (non-hydrogen) atoms. The van der Waals surface area contributed by atoms with E-state index in [0.29, 0.717) is 25.7 Å². The number of H-pyrrole nitrogens is 1. The molecule has 1 aliphatic rings. The van der Waals surface area contributed by atoms with Gasteiger partial charge in [0.25, 0.3) is 0 Å². The second-order valence-corrected chi connectivity index (χ2v) is 12.1. The van der Waals surface area contributed by atoms with Gasteiger partial charge in [0.15, 0.2) is 0 Å². The van der Waals surface area contributed by atoms with E-state index in [-0.39, 0.29) is 18.6 Å². The second-order valence-electron chi connectivity index (χ2n) is 12.1. The van der Waals surface area contributed by atoms with Crippen molar-refractivity contribution in [3.63, 3.8) is 0 Å². The Morgan fingerprint density at radius 1 is 0.949 bits per heavy atom. The van der Waals surface area contributed by atoms with Gasteiger partial charge in [0.05, 0.1) is 23.7 Å². The minimum atomic E-state index is -0.960. The zero-order chi connectivity index (χ0) is 28.5. The fourth-order valence-electron chi connectivity index (χ4n) is 6.34. The van der Waals surface area contributed by atoms with E-state index in [4.69, 9.17) is 5.11 Å². The predicted molar refractivity (Wildman–Crippen MR) is 156 cm³/mol. The standard InChI is InChI=1S/C32H57NO6/c1-2-3-4-5-8-15-28(35)16-9-6-7-10-17-29(31(37)38)30(36)20-22-32(39)21-11-13-25(32)24-27-19-18-26(33-27)14-12-23-34/h18-19,25,28-30,33-36,39H,2-17,20-24H2,1H3,(H,37,38). The molecule has 2 rings (SSSR count). The number of aromatic amines is 1. The Labute approximate surface area is 236 Å². The van der Waals surface area contributed by atoms with E-state index in [0.717, 1.165) is 88.4 Å². The molecule has 0 radical (unpaired) electrons. The Kier molecular flexibility index (Phi) is 16.3. The molecule has 1 aromatic heterocycles. The Balaban J connectivity index is 1.68. The maximum absolute atomic E-state index is 11.9. The highest BCUT2D eigenvalue weighted by atomic mass is 16.4. The summed E-state index contributed by atoms with van der Waals surface area (Å²) in [7, 11) is 0. The number of hydrogen-bond acceptors (Lipinski definition) is 5. The molecule has 0 aromatic carbocycles. The molecule has 7 heteroatoms. The minimum Gasteiger partial charge on any atom is -0.481 e. The zero-order valence-electron chi connectivity index (χ0n) is 24.5. The fourth-order valence-corrected chi connectivity index (χ4v) is 6.34. The molecule has 226 valence electrons. The summed E-state index contributed by atoms with van der Waals surface area (Å²) < 4.78 is 0. The molecule has 5 atom stereocenters. The number of carboxylic acid groups (broad SMARTS) is 1. The quantitative estimate of drug-likeness (QED) is 0.0936. The van der Waals surface area contributed by atoms with Crippen molar-refractivity contribution in [1.29, 1.82) is 0 Å². The highest BCUT2D eigenvalue weighted by molar-refractivity contribution is 5.70. The lowest BCUT2D eigenvalue weighted by molar-refractivity contribution is -0.146. The summed E-state index contributed by atoms with van der Waals surface area (Å²) in [5, 5.41) is 51.1. The third-order valence-corrected chi connectivity index (χ3v) is 8.90. The Hall–Kier alpha value is -1.41.